The number of nitrogens with zero attached hydrogens (tertiary/aromatic N) is 1. The van der Waals surface area contributed by atoms with Crippen molar-refractivity contribution in [1.29, 1.82) is 0 Å². The van der Waals surface area contributed by atoms with Crippen LogP contribution in [0.1, 0.15) is 34.2 Å². The topological polar surface area (TPSA) is 3.24 Å². The average molecular weight is 299 g/mol. The Bertz CT molecular complexity index is 779. The van der Waals surface area contributed by atoms with Crippen molar-refractivity contribution in [2.75, 3.05) is 13.6 Å². The second-order valence-corrected chi connectivity index (χ2v) is 6.34. The normalized spacial score (nSPS) is 20.9. The van der Waals surface area contributed by atoms with E-state index in [0.29, 0.717) is 12.0 Å². The molecule has 0 N–H and O–H groups in total. The van der Waals surface area contributed by atoms with Gasteiger partial charge < -0.3 is 0 Å². The molecule has 1 aliphatic heterocycles. The molecule has 23 heavy (non-hydrogen) atoms. The maximum Gasteiger partial charge on any atom is 0.0602 e. The van der Waals surface area contributed by atoms with Crippen LogP contribution in [0, 0.1) is 0 Å². The Morgan fingerprint density at radius 1 is 0.652 bits per heavy atom. The van der Waals surface area contributed by atoms with Crippen LogP contribution < -0.4 is 0 Å². The van der Waals surface area contributed by atoms with Crippen LogP contribution in [-0.4, -0.2) is 18.5 Å². The first-order chi connectivity index (χ1) is 11.3. The molecule has 0 bridgehead atoms. The van der Waals surface area contributed by atoms with Crippen LogP contribution in [0.2, 0.25) is 0 Å². The molecule has 0 amide bonds. The maximum atomic E-state index is 2.48. The zero-order chi connectivity index (χ0) is 15.6. The molecule has 0 fully saturated rings. The van der Waals surface area contributed by atoms with E-state index < -0.39 is 0 Å². The highest BCUT2D eigenvalue weighted by Crippen LogP contribution is 2.41. The van der Waals surface area contributed by atoms with Crippen molar-refractivity contribution in [3.8, 4) is 0 Å². The Morgan fingerprint density at radius 2 is 1.17 bits per heavy atom. The summed E-state index contributed by atoms with van der Waals surface area (Å²) in [6.45, 7) is 1.04. The van der Waals surface area contributed by atoms with E-state index in [9.17, 15) is 0 Å². The third-order valence-electron chi connectivity index (χ3n) is 4.89. The summed E-state index contributed by atoms with van der Waals surface area (Å²) in [5.74, 6) is 0.442. The van der Waals surface area contributed by atoms with Gasteiger partial charge in [0.15, 0.2) is 0 Å². The molecule has 1 aliphatic rings. The largest absolute Gasteiger partial charge is 0.294 e. The molecule has 2 unspecified atom stereocenters. The lowest BCUT2D eigenvalue weighted by molar-refractivity contribution is 0.250. The summed E-state index contributed by atoms with van der Waals surface area (Å²) < 4.78 is 0. The van der Waals surface area contributed by atoms with Crippen molar-refractivity contribution in [3.63, 3.8) is 0 Å². The first kappa shape index (κ1) is 14.2. The van der Waals surface area contributed by atoms with Crippen LogP contribution in [0.3, 0.4) is 0 Å². The molecule has 0 radical (unpaired) electrons. The smallest absolute Gasteiger partial charge is 0.0602 e. The van der Waals surface area contributed by atoms with Gasteiger partial charge in [0.25, 0.3) is 0 Å². The van der Waals surface area contributed by atoms with E-state index in [4.69, 9.17) is 0 Å². The number of hydrogen-bond donors (Lipinski definition) is 0. The van der Waals surface area contributed by atoms with Crippen molar-refractivity contribution in [3.05, 3.63) is 107 Å². The molecule has 4 rings (SSSR count). The Hall–Kier alpha value is -2.38. The summed E-state index contributed by atoms with van der Waals surface area (Å²) in [7, 11) is 2.24. The fourth-order valence-electron chi connectivity index (χ4n) is 3.85. The molecule has 1 heterocycles. The van der Waals surface area contributed by atoms with E-state index in [0.717, 1.165) is 6.54 Å². The lowest BCUT2D eigenvalue weighted by Gasteiger charge is -2.39. The van der Waals surface area contributed by atoms with Gasteiger partial charge in [-0.1, -0.05) is 84.9 Å². The Labute approximate surface area is 138 Å². The minimum Gasteiger partial charge on any atom is -0.294 e. The fourth-order valence-corrected chi connectivity index (χ4v) is 3.85. The van der Waals surface area contributed by atoms with E-state index in [2.05, 4.69) is 96.9 Å². The molecule has 0 aliphatic carbocycles. The van der Waals surface area contributed by atoms with Crippen molar-refractivity contribution in [2.24, 2.45) is 0 Å². The summed E-state index contributed by atoms with van der Waals surface area (Å²) >= 11 is 0. The third kappa shape index (κ3) is 2.58. The summed E-state index contributed by atoms with van der Waals surface area (Å²) in [6, 6.07) is 31.0. The van der Waals surface area contributed by atoms with Gasteiger partial charge in [0, 0.05) is 12.5 Å². The zero-order valence-corrected chi connectivity index (χ0v) is 13.4. The van der Waals surface area contributed by atoms with Gasteiger partial charge in [0.2, 0.25) is 0 Å². The molecule has 1 heteroatoms. The van der Waals surface area contributed by atoms with Gasteiger partial charge >= 0.3 is 0 Å². The van der Waals surface area contributed by atoms with Crippen LogP contribution in [0.25, 0.3) is 0 Å². The van der Waals surface area contributed by atoms with Crippen LogP contribution >= 0.6 is 0 Å². The highest BCUT2D eigenvalue weighted by Gasteiger charge is 2.32. The van der Waals surface area contributed by atoms with E-state index in [1.807, 2.05) is 0 Å². The number of likely N-dealkylation sites (N-methyl/N-ethyl adjacent to an activating group) is 1. The minimum absolute atomic E-state index is 0.340. The molecule has 0 aromatic heterocycles. The number of benzene rings is 3. The van der Waals surface area contributed by atoms with E-state index in [1.165, 1.54) is 22.3 Å². The maximum absolute atomic E-state index is 2.48. The monoisotopic (exact) mass is 299 g/mol. The zero-order valence-electron chi connectivity index (χ0n) is 13.4. The first-order valence-corrected chi connectivity index (χ1v) is 8.23. The lowest BCUT2D eigenvalue weighted by Crippen LogP contribution is -2.36. The molecule has 0 spiro atoms. The van der Waals surface area contributed by atoms with Crippen LogP contribution in [0.4, 0.5) is 0 Å². The molecular weight excluding hydrogens is 278 g/mol. The van der Waals surface area contributed by atoms with E-state index in [1.54, 1.807) is 0 Å². The van der Waals surface area contributed by atoms with Crippen LogP contribution in [-0.2, 0) is 0 Å². The highest BCUT2D eigenvalue weighted by atomic mass is 15.1. The lowest BCUT2D eigenvalue weighted by atomic mass is 9.80. The standard InChI is InChI=1S/C22H21N/c1-23-16-21(17-10-4-2-5-11-17)19-14-8-9-15-20(19)22(23)18-12-6-3-7-13-18/h2-15,21-22H,16H2,1H3. The fraction of sp³-hybridized carbons (Fsp3) is 0.182. The van der Waals surface area contributed by atoms with Crippen molar-refractivity contribution in [2.45, 2.75) is 12.0 Å². The second kappa shape index (κ2) is 6.02. The molecular formula is C22H21N. The van der Waals surface area contributed by atoms with Crippen LogP contribution in [0.5, 0.6) is 0 Å². The van der Waals surface area contributed by atoms with E-state index >= 15 is 0 Å². The molecule has 3 aromatic carbocycles. The van der Waals surface area contributed by atoms with Crippen LogP contribution in [0.15, 0.2) is 84.9 Å². The van der Waals surface area contributed by atoms with Gasteiger partial charge in [-0.25, -0.2) is 0 Å². The Kier molecular flexibility index (Phi) is 3.72. The Balaban J connectivity index is 1.84. The number of rotatable bonds is 2. The van der Waals surface area contributed by atoms with Gasteiger partial charge in [-0.05, 0) is 29.3 Å². The molecule has 1 nitrogen and oxygen atoms in total. The molecule has 3 aromatic rings. The van der Waals surface area contributed by atoms with E-state index in [-0.39, 0.29) is 0 Å². The number of hydrogen-bond acceptors (Lipinski definition) is 1. The van der Waals surface area contributed by atoms with Crippen molar-refractivity contribution in [1.82, 2.24) is 4.90 Å². The third-order valence-corrected chi connectivity index (χ3v) is 4.89. The summed E-state index contributed by atoms with van der Waals surface area (Å²) in [5, 5.41) is 0. The second-order valence-electron chi connectivity index (χ2n) is 6.34. The minimum atomic E-state index is 0.340. The van der Waals surface area contributed by atoms with Gasteiger partial charge in [0.1, 0.15) is 0 Å². The number of fused-ring (bicyclic) bond motifs is 1. The van der Waals surface area contributed by atoms with Gasteiger partial charge in [0.05, 0.1) is 6.04 Å². The molecule has 114 valence electrons. The Morgan fingerprint density at radius 3 is 1.83 bits per heavy atom. The predicted molar refractivity (Wildman–Crippen MR) is 95.6 cm³/mol. The quantitative estimate of drug-likeness (QED) is 0.653. The summed E-state index contributed by atoms with van der Waals surface area (Å²) in [5.41, 5.74) is 5.67. The highest BCUT2D eigenvalue weighted by molar-refractivity contribution is 5.45. The SMILES string of the molecule is CN1CC(c2ccccc2)c2ccccc2C1c1ccccc1. The van der Waals surface area contributed by atoms with Gasteiger partial charge in [-0.2, -0.15) is 0 Å². The molecule has 2 atom stereocenters. The molecule has 0 saturated carbocycles. The average Bonchev–Trinajstić information content (AvgIpc) is 2.62. The first-order valence-electron chi connectivity index (χ1n) is 8.23. The van der Waals surface area contributed by atoms with Crippen molar-refractivity contribution >= 4 is 0 Å². The summed E-state index contributed by atoms with van der Waals surface area (Å²) in [4.78, 5) is 2.48. The molecule has 0 saturated heterocycles. The summed E-state index contributed by atoms with van der Waals surface area (Å²) in [6.07, 6.45) is 0. The van der Waals surface area contributed by atoms with Crippen molar-refractivity contribution < 1.29 is 0 Å². The van der Waals surface area contributed by atoms with Gasteiger partial charge in [-0.3, -0.25) is 4.90 Å². The predicted octanol–water partition coefficient (Wildman–Crippen LogP) is 4.85. The van der Waals surface area contributed by atoms with Gasteiger partial charge in [-0.15, -0.1) is 0 Å².